The Morgan fingerprint density at radius 3 is 2.91 bits per heavy atom. The maximum Gasteiger partial charge on any atom is 0.224 e. The Hall–Kier alpha value is -2.55. The van der Waals surface area contributed by atoms with Crippen LogP contribution in [-0.2, 0) is 11.2 Å². The predicted molar refractivity (Wildman–Crippen MR) is 84.4 cm³/mol. The molecule has 1 aromatic carbocycles. The van der Waals surface area contributed by atoms with Crippen LogP contribution in [0.15, 0.2) is 28.4 Å². The number of fused-ring (bicyclic) bond motifs is 1. The number of hydrogen-bond acceptors (Lipinski definition) is 5. The van der Waals surface area contributed by atoms with Crippen molar-refractivity contribution < 1.29 is 14.3 Å². The quantitative estimate of drug-likeness (QED) is 0.783. The van der Waals surface area contributed by atoms with Gasteiger partial charge in [0.15, 0.2) is 17.2 Å². The molecule has 0 bridgehead atoms. The fourth-order valence-electron chi connectivity index (χ4n) is 2.58. The highest BCUT2D eigenvalue weighted by Gasteiger charge is 2.38. The number of benzene rings is 1. The molecular formula is C17H19N3O3. The lowest BCUT2D eigenvalue weighted by Gasteiger charge is -2.20. The SMILES string of the molecule is C#CCCC1(CCNC(=O)Cc2cccc3c2OCCO3)N=N1. The van der Waals surface area contributed by atoms with Crippen molar-refractivity contribution in [1.29, 1.82) is 0 Å². The highest BCUT2D eigenvalue weighted by atomic mass is 16.6. The standard InChI is InChI=1S/C17H19N3O3/c1-2-3-7-17(19-20-17)8-9-18-15(21)12-13-5-4-6-14-16(13)23-11-10-22-14/h1,4-6H,3,7-12H2,(H,18,21). The second kappa shape index (κ2) is 6.69. The monoisotopic (exact) mass is 313 g/mol. The Labute approximate surface area is 135 Å². The highest BCUT2D eigenvalue weighted by Crippen LogP contribution is 2.36. The second-order valence-corrected chi connectivity index (χ2v) is 5.60. The number of nitrogens with one attached hydrogen (secondary N) is 1. The van der Waals surface area contributed by atoms with Crippen molar-refractivity contribution in [3.8, 4) is 23.8 Å². The molecule has 0 aliphatic carbocycles. The van der Waals surface area contributed by atoms with Gasteiger partial charge in [-0.2, -0.15) is 10.2 Å². The van der Waals surface area contributed by atoms with Crippen molar-refractivity contribution in [3.63, 3.8) is 0 Å². The number of rotatable bonds is 7. The van der Waals surface area contributed by atoms with Gasteiger partial charge in [-0.3, -0.25) is 4.79 Å². The summed E-state index contributed by atoms with van der Waals surface area (Å²) in [5.74, 6) is 3.91. The fourth-order valence-corrected chi connectivity index (χ4v) is 2.58. The topological polar surface area (TPSA) is 72.3 Å². The van der Waals surface area contributed by atoms with Gasteiger partial charge < -0.3 is 14.8 Å². The number of nitrogens with zero attached hydrogens (tertiary/aromatic N) is 2. The fraction of sp³-hybridized carbons (Fsp3) is 0.471. The Morgan fingerprint density at radius 1 is 1.30 bits per heavy atom. The van der Waals surface area contributed by atoms with Crippen molar-refractivity contribution in [2.75, 3.05) is 19.8 Å². The van der Waals surface area contributed by atoms with Gasteiger partial charge in [-0.15, -0.1) is 12.3 Å². The Balaban J connectivity index is 1.48. The normalized spacial score (nSPS) is 16.5. The van der Waals surface area contributed by atoms with E-state index in [0.717, 1.165) is 12.0 Å². The first-order valence-corrected chi connectivity index (χ1v) is 7.74. The third kappa shape index (κ3) is 3.81. The number of hydrogen-bond donors (Lipinski definition) is 1. The first-order valence-electron chi connectivity index (χ1n) is 7.74. The lowest BCUT2D eigenvalue weighted by molar-refractivity contribution is -0.120. The molecule has 23 heavy (non-hydrogen) atoms. The van der Waals surface area contributed by atoms with Gasteiger partial charge in [-0.25, -0.2) is 0 Å². The second-order valence-electron chi connectivity index (χ2n) is 5.60. The molecule has 6 nitrogen and oxygen atoms in total. The number of carbonyl (C=O) groups is 1. The third-order valence-electron chi connectivity index (χ3n) is 3.90. The Bertz CT molecular complexity index is 658. The van der Waals surface area contributed by atoms with Crippen LogP contribution in [0, 0.1) is 12.3 Å². The minimum absolute atomic E-state index is 0.0553. The third-order valence-corrected chi connectivity index (χ3v) is 3.90. The zero-order valence-electron chi connectivity index (χ0n) is 12.9. The molecule has 3 rings (SSSR count). The van der Waals surface area contributed by atoms with Gasteiger partial charge in [-0.1, -0.05) is 12.1 Å². The lowest BCUT2D eigenvalue weighted by atomic mass is 10.0. The van der Waals surface area contributed by atoms with Crippen molar-refractivity contribution in [3.05, 3.63) is 23.8 Å². The molecule has 1 aromatic rings. The first kappa shape index (κ1) is 15.3. The Morgan fingerprint density at radius 2 is 2.13 bits per heavy atom. The van der Waals surface area contributed by atoms with Crippen LogP contribution in [0.3, 0.4) is 0 Å². The van der Waals surface area contributed by atoms with Gasteiger partial charge in [-0.05, 0) is 6.07 Å². The van der Waals surface area contributed by atoms with E-state index in [9.17, 15) is 4.79 Å². The van der Waals surface area contributed by atoms with E-state index in [2.05, 4.69) is 21.5 Å². The molecule has 6 heteroatoms. The maximum atomic E-state index is 12.1. The molecule has 0 spiro atoms. The molecule has 0 saturated heterocycles. The van der Waals surface area contributed by atoms with Crippen molar-refractivity contribution in [2.45, 2.75) is 31.3 Å². The minimum atomic E-state index is -0.359. The molecule has 0 atom stereocenters. The summed E-state index contributed by atoms with van der Waals surface area (Å²) in [6.07, 6.45) is 7.60. The van der Waals surface area contributed by atoms with E-state index in [0.29, 0.717) is 44.1 Å². The molecule has 1 N–H and O–H groups in total. The zero-order valence-corrected chi connectivity index (χ0v) is 12.9. The van der Waals surface area contributed by atoms with Gasteiger partial charge in [0.1, 0.15) is 13.2 Å². The minimum Gasteiger partial charge on any atom is -0.486 e. The molecule has 0 fully saturated rings. The largest absolute Gasteiger partial charge is 0.486 e. The number of amides is 1. The van der Waals surface area contributed by atoms with E-state index in [-0.39, 0.29) is 18.0 Å². The molecule has 0 radical (unpaired) electrons. The smallest absolute Gasteiger partial charge is 0.224 e. The van der Waals surface area contributed by atoms with E-state index >= 15 is 0 Å². The molecule has 0 unspecified atom stereocenters. The zero-order chi connectivity index (χ0) is 16.1. The van der Waals surface area contributed by atoms with E-state index in [1.165, 1.54) is 0 Å². The van der Waals surface area contributed by atoms with Crippen molar-refractivity contribution in [2.24, 2.45) is 10.2 Å². The molecule has 2 aliphatic rings. The molecule has 2 heterocycles. The maximum absolute atomic E-state index is 12.1. The summed E-state index contributed by atoms with van der Waals surface area (Å²) in [4.78, 5) is 12.1. The van der Waals surface area contributed by atoms with Gasteiger partial charge in [0.2, 0.25) is 5.91 Å². The molecular weight excluding hydrogens is 294 g/mol. The van der Waals surface area contributed by atoms with Crippen LogP contribution < -0.4 is 14.8 Å². The number of terminal acetylenes is 1. The highest BCUT2D eigenvalue weighted by molar-refractivity contribution is 5.79. The van der Waals surface area contributed by atoms with Gasteiger partial charge in [0, 0.05) is 31.4 Å². The molecule has 120 valence electrons. The summed E-state index contributed by atoms with van der Waals surface area (Å²) in [6, 6.07) is 5.60. The van der Waals surface area contributed by atoms with Crippen LogP contribution in [0.2, 0.25) is 0 Å². The molecule has 0 aromatic heterocycles. The molecule has 2 aliphatic heterocycles. The average Bonchev–Trinajstić information content (AvgIpc) is 3.33. The van der Waals surface area contributed by atoms with Crippen LogP contribution in [0.4, 0.5) is 0 Å². The van der Waals surface area contributed by atoms with Crippen LogP contribution in [-0.4, -0.2) is 31.3 Å². The van der Waals surface area contributed by atoms with Crippen LogP contribution >= 0.6 is 0 Å². The van der Waals surface area contributed by atoms with Crippen molar-refractivity contribution >= 4 is 5.91 Å². The average molecular weight is 313 g/mol. The summed E-state index contributed by atoms with van der Waals surface area (Å²) in [5.41, 5.74) is 0.477. The van der Waals surface area contributed by atoms with E-state index < -0.39 is 0 Å². The number of carbonyl (C=O) groups excluding carboxylic acids is 1. The first-order chi connectivity index (χ1) is 11.2. The predicted octanol–water partition coefficient (Wildman–Crippen LogP) is 2.08. The van der Waals surface area contributed by atoms with Crippen molar-refractivity contribution in [1.82, 2.24) is 5.32 Å². The summed E-state index contributed by atoms with van der Waals surface area (Å²) in [5, 5.41) is 11.0. The molecule has 0 saturated carbocycles. The number of ether oxygens (including phenoxy) is 2. The van der Waals surface area contributed by atoms with Crippen LogP contribution in [0.1, 0.15) is 24.8 Å². The summed E-state index contributed by atoms with van der Waals surface area (Å²) < 4.78 is 11.1. The van der Waals surface area contributed by atoms with Gasteiger partial charge in [0.25, 0.3) is 0 Å². The summed E-state index contributed by atoms with van der Waals surface area (Å²) >= 11 is 0. The molecule has 1 amide bonds. The number of para-hydroxylation sites is 1. The van der Waals surface area contributed by atoms with Gasteiger partial charge >= 0.3 is 0 Å². The van der Waals surface area contributed by atoms with E-state index in [1.807, 2.05) is 18.2 Å². The Kier molecular flexibility index (Phi) is 4.47. The lowest BCUT2D eigenvalue weighted by Crippen LogP contribution is -2.29. The van der Waals surface area contributed by atoms with E-state index in [4.69, 9.17) is 15.9 Å². The van der Waals surface area contributed by atoms with Crippen LogP contribution in [0.25, 0.3) is 0 Å². The summed E-state index contributed by atoms with van der Waals surface area (Å²) in [7, 11) is 0. The van der Waals surface area contributed by atoms with Crippen LogP contribution in [0.5, 0.6) is 11.5 Å². The van der Waals surface area contributed by atoms with E-state index in [1.54, 1.807) is 0 Å². The van der Waals surface area contributed by atoms with Gasteiger partial charge in [0.05, 0.1) is 6.42 Å². The summed E-state index contributed by atoms with van der Waals surface area (Å²) in [6.45, 7) is 1.57.